The van der Waals surface area contributed by atoms with Crippen LogP contribution in [0.25, 0.3) is 16.6 Å². The fraction of sp³-hybridized carbons (Fsp3) is 0.476. The first kappa shape index (κ1) is 18.4. The summed E-state index contributed by atoms with van der Waals surface area (Å²) in [7, 11) is 0. The lowest BCUT2D eigenvalue weighted by Crippen LogP contribution is -2.64. The number of aromatic amines is 1. The summed E-state index contributed by atoms with van der Waals surface area (Å²) < 4.78 is 26.8. The molecule has 0 saturated heterocycles. The second-order valence-corrected chi connectivity index (χ2v) is 8.41. The summed E-state index contributed by atoms with van der Waals surface area (Å²) in [5, 5.41) is 3.85. The Kier molecular flexibility index (Phi) is 4.10. The van der Waals surface area contributed by atoms with E-state index in [0.717, 1.165) is 29.4 Å². The van der Waals surface area contributed by atoms with Crippen LogP contribution in [0.1, 0.15) is 37.7 Å². The van der Waals surface area contributed by atoms with Gasteiger partial charge in [0.25, 0.3) is 5.92 Å². The number of carbonyl (C=O) groups excluding carboxylic acids is 2. The number of aromatic nitrogens is 2. The van der Waals surface area contributed by atoms with Crippen molar-refractivity contribution >= 4 is 34.6 Å². The molecular weight excluding hydrogens is 378 g/mol. The van der Waals surface area contributed by atoms with E-state index >= 15 is 0 Å². The average Bonchev–Trinajstić information content (AvgIpc) is 3.43. The van der Waals surface area contributed by atoms with Gasteiger partial charge in [0.2, 0.25) is 5.91 Å². The fourth-order valence-corrected chi connectivity index (χ4v) is 4.48. The van der Waals surface area contributed by atoms with Crippen molar-refractivity contribution in [3.8, 4) is 0 Å². The molecule has 0 spiro atoms. The van der Waals surface area contributed by atoms with Crippen molar-refractivity contribution in [1.82, 2.24) is 14.9 Å². The molecule has 0 bridgehead atoms. The lowest BCUT2D eigenvalue weighted by molar-refractivity contribution is -0.175. The van der Waals surface area contributed by atoms with Crippen LogP contribution in [0.3, 0.4) is 0 Å². The first-order chi connectivity index (χ1) is 13.9. The number of nitrogens with zero attached hydrogens (tertiary/aromatic N) is 2. The van der Waals surface area contributed by atoms with E-state index < -0.39 is 24.3 Å². The zero-order valence-corrected chi connectivity index (χ0v) is 15.9. The Balaban J connectivity index is 1.40. The summed E-state index contributed by atoms with van der Waals surface area (Å²) in [6.45, 7) is 0.987. The number of H-pyrrole nitrogens is 1. The number of nitrogens with one attached hydrogen (secondary N) is 2. The third kappa shape index (κ3) is 3.25. The number of fused-ring (bicyclic) bond motifs is 1. The number of carbonyl (C=O) groups is 2. The Bertz CT molecular complexity index is 1020. The highest BCUT2D eigenvalue weighted by Gasteiger charge is 2.59. The first-order valence-electron chi connectivity index (χ1n) is 9.97. The van der Waals surface area contributed by atoms with E-state index in [9.17, 15) is 18.4 Å². The molecule has 2 aromatic heterocycles. The number of amides is 1. The molecule has 0 unspecified atom stereocenters. The predicted molar refractivity (Wildman–Crippen MR) is 105 cm³/mol. The molecule has 6 nitrogen and oxygen atoms in total. The third-order valence-electron chi connectivity index (χ3n) is 6.26. The van der Waals surface area contributed by atoms with Crippen LogP contribution in [0, 0.1) is 5.92 Å². The van der Waals surface area contributed by atoms with E-state index in [-0.39, 0.29) is 11.8 Å². The minimum atomic E-state index is -2.75. The van der Waals surface area contributed by atoms with E-state index in [4.69, 9.17) is 0 Å². The van der Waals surface area contributed by atoms with Crippen LogP contribution in [0.15, 0.2) is 24.4 Å². The number of pyridine rings is 1. The van der Waals surface area contributed by atoms with Crippen molar-refractivity contribution in [3.05, 3.63) is 30.0 Å². The zero-order chi connectivity index (χ0) is 20.2. The van der Waals surface area contributed by atoms with Crippen LogP contribution in [0.2, 0.25) is 0 Å². The Labute approximate surface area is 166 Å². The molecule has 0 atom stereocenters. The minimum absolute atomic E-state index is 0.00279. The zero-order valence-electron chi connectivity index (χ0n) is 15.9. The standard InChI is InChI=1S/C21H22F2N4O2/c22-21(23)10-20(11-21,12-28)27-7-4-13(5-8-27)16-9-17(26-19(29)14-1-2-14)25-18-15(16)3-6-24-18/h3-4,6,9,12,14H,1-2,5,7-8,10-11H2,(H2,24,25,26,29). The normalized spacial score (nSPS) is 23.3. The molecule has 1 aliphatic heterocycles. The second kappa shape index (κ2) is 6.45. The van der Waals surface area contributed by atoms with Crippen molar-refractivity contribution in [2.75, 3.05) is 18.4 Å². The molecule has 2 saturated carbocycles. The third-order valence-corrected chi connectivity index (χ3v) is 6.26. The molecule has 3 heterocycles. The summed E-state index contributed by atoms with van der Waals surface area (Å²) in [6, 6.07) is 3.82. The molecule has 0 radical (unpaired) electrons. The number of alkyl halides is 2. The Morgan fingerprint density at radius 3 is 2.76 bits per heavy atom. The van der Waals surface area contributed by atoms with Crippen LogP contribution in [-0.2, 0) is 9.59 Å². The number of hydrogen-bond donors (Lipinski definition) is 2. The second-order valence-electron chi connectivity index (χ2n) is 8.41. The molecule has 1 amide bonds. The van der Waals surface area contributed by atoms with Crippen LogP contribution in [0.5, 0.6) is 0 Å². The van der Waals surface area contributed by atoms with Crippen LogP contribution in [0.4, 0.5) is 14.6 Å². The van der Waals surface area contributed by atoms with Gasteiger partial charge in [0.05, 0.1) is 5.54 Å². The van der Waals surface area contributed by atoms with E-state index in [1.54, 1.807) is 6.20 Å². The maximum absolute atomic E-state index is 13.4. The molecule has 0 aromatic carbocycles. The van der Waals surface area contributed by atoms with Crippen LogP contribution >= 0.6 is 0 Å². The van der Waals surface area contributed by atoms with Gasteiger partial charge in [-0.25, -0.2) is 13.8 Å². The maximum Gasteiger partial charge on any atom is 0.252 e. The average molecular weight is 400 g/mol. The number of halogens is 2. The molecule has 2 N–H and O–H groups in total. The van der Waals surface area contributed by atoms with Crippen molar-refractivity contribution in [1.29, 1.82) is 0 Å². The van der Waals surface area contributed by atoms with Gasteiger partial charge in [-0.1, -0.05) is 6.08 Å². The van der Waals surface area contributed by atoms with Crippen molar-refractivity contribution in [2.45, 2.75) is 43.6 Å². The quantitative estimate of drug-likeness (QED) is 0.755. The number of anilines is 1. The molecule has 2 aliphatic carbocycles. The van der Waals surface area contributed by atoms with Gasteiger partial charge in [0.15, 0.2) is 0 Å². The summed E-state index contributed by atoms with van der Waals surface area (Å²) in [5.74, 6) is -2.15. The Hall–Kier alpha value is -2.61. The lowest BCUT2D eigenvalue weighted by atomic mass is 9.72. The van der Waals surface area contributed by atoms with E-state index in [2.05, 4.69) is 15.3 Å². The molecule has 2 fully saturated rings. The molecule has 2 aromatic rings. The highest BCUT2D eigenvalue weighted by Crippen LogP contribution is 2.49. The summed E-state index contributed by atoms with van der Waals surface area (Å²) in [5.41, 5.74) is 1.69. The van der Waals surface area contributed by atoms with Gasteiger partial charge in [-0.05, 0) is 42.5 Å². The number of aldehydes is 1. The molecular formula is C21H22F2N4O2. The molecule has 8 heteroatoms. The fourth-order valence-electron chi connectivity index (χ4n) is 4.48. The van der Waals surface area contributed by atoms with Crippen molar-refractivity contribution < 1.29 is 18.4 Å². The van der Waals surface area contributed by atoms with Gasteiger partial charge in [-0.15, -0.1) is 0 Å². The van der Waals surface area contributed by atoms with Gasteiger partial charge in [0.1, 0.15) is 17.8 Å². The lowest BCUT2D eigenvalue weighted by Gasteiger charge is -2.51. The largest absolute Gasteiger partial charge is 0.346 e. The predicted octanol–water partition coefficient (Wildman–Crippen LogP) is 3.37. The van der Waals surface area contributed by atoms with Gasteiger partial charge in [0, 0.05) is 43.4 Å². The van der Waals surface area contributed by atoms with Gasteiger partial charge in [-0.3, -0.25) is 9.69 Å². The highest BCUT2D eigenvalue weighted by molar-refractivity contribution is 5.97. The summed E-state index contributed by atoms with van der Waals surface area (Å²) in [4.78, 5) is 33.1. The van der Waals surface area contributed by atoms with Crippen LogP contribution < -0.4 is 5.32 Å². The van der Waals surface area contributed by atoms with E-state index in [1.165, 1.54) is 0 Å². The highest BCUT2D eigenvalue weighted by atomic mass is 19.3. The summed E-state index contributed by atoms with van der Waals surface area (Å²) in [6.07, 6.45) is 6.17. The maximum atomic E-state index is 13.4. The number of rotatable bonds is 5. The van der Waals surface area contributed by atoms with Gasteiger partial charge < -0.3 is 15.1 Å². The van der Waals surface area contributed by atoms with E-state index in [1.807, 2.05) is 23.1 Å². The molecule has 152 valence electrons. The monoisotopic (exact) mass is 400 g/mol. The van der Waals surface area contributed by atoms with Gasteiger partial charge >= 0.3 is 0 Å². The molecule has 5 rings (SSSR count). The smallest absolute Gasteiger partial charge is 0.252 e. The first-order valence-corrected chi connectivity index (χ1v) is 9.97. The minimum Gasteiger partial charge on any atom is -0.346 e. The van der Waals surface area contributed by atoms with E-state index in [0.29, 0.717) is 37.3 Å². The Morgan fingerprint density at radius 2 is 2.14 bits per heavy atom. The molecule has 29 heavy (non-hydrogen) atoms. The topological polar surface area (TPSA) is 78.1 Å². The van der Waals surface area contributed by atoms with Crippen molar-refractivity contribution in [3.63, 3.8) is 0 Å². The summed E-state index contributed by atoms with van der Waals surface area (Å²) >= 11 is 0. The Morgan fingerprint density at radius 1 is 1.34 bits per heavy atom. The van der Waals surface area contributed by atoms with Crippen molar-refractivity contribution in [2.24, 2.45) is 5.92 Å². The van der Waals surface area contributed by atoms with Crippen LogP contribution in [-0.4, -0.2) is 51.6 Å². The van der Waals surface area contributed by atoms with Gasteiger partial charge in [-0.2, -0.15) is 0 Å². The molecule has 3 aliphatic rings. The SMILES string of the molecule is O=CC1(N2CC=C(c3cc(NC(=O)C4CC4)nc4[nH]ccc34)CC2)CC(F)(F)C1. The number of hydrogen-bond acceptors (Lipinski definition) is 4.